The minimum atomic E-state index is -0.344. The SMILES string of the molecule is COC(=O)N1CCN(C(=O)C2COCC2N)CC1. The number of amides is 2. The lowest BCUT2D eigenvalue weighted by Gasteiger charge is -2.35. The van der Waals surface area contributed by atoms with Gasteiger partial charge >= 0.3 is 6.09 Å². The molecule has 0 aromatic carbocycles. The van der Waals surface area contributed by atoms with Gasteiger partial charge in [-0.3, -0.25) is 4.79 Å². The van der Waals surface area contributed by atoms with Crippen LogP contribution in [0.25, 0.3) is 0 Å². The average Bonchev–Trinajstić information content (AvgIpc) is 2.83. The van der Waals surface area contributed by atoms with E-state index in [4.69, 9.17) is 10.5 Å². The summed E-state index contributed by atoms with van der Waals surface area (Å²) in [6.45, 7) is 2.90. The van der Waals surface area contributed by atoms with Crippen molar-refractivity contribution in [2.75, 3.05) is 46.5 Å². The molecule has 2 fully saturated rings. The van der Waals surface area contributed by atoms with E-state index in [-0.39, 0.29) is 24.0 Å². The highest BCUT2D eigenvalue weighted by atomic mass is 16.5. The van der Waals surface area contributed by atoms with Crippen molar-refractivity contribution in [3.8, 4) is 0 Å². The standard InChI is InChI=1S/C11H19N3O4/c1-17-11(16)14-4-2-13(3-5-14)10(15)8-6-18-7-9(8)12/h8-9H,2-7,12H2,1H3. The van der Waals surface area contributed by atoms with Gasteiger partial charge in [0, 0.05) is 32.2 Å². The highest BCUT2D eigenvalue weighted by Crippen LogP contribution is 2.16. The average molecular weight is 257 g/mol. The summed E-state index contributed by atoms with van der Waals surface area (Å²) in [7, 11) is 1.36. The Morgan fingerprint density at radius 2 is 1.78 bits per heavy atom. The molecule has 0 spiro atoms. The normalized spacial score (nSPS) is 28.3. The van der Waals surface area contributed by atoms with Crippen molar-refractivity contribution in [2.24, 2.45) is 11.7 Å². The summed E-state index contributed by atoms with van der Waals surface area (Å²) in [4.78, 5) is 26.8. The Labute approximate surface area is 106 Å². The Morgan fingerprint density at radius 3 is 2.28 bits per heavy atom. The smallest absolute Gasteiger partial charge is 0.409 e. The number of nitrogens with zero attached hydrogens (tertiary/aromatic N) is 2. The Bertz CT molecular complexity index is 328. The summed E-state index contributed by atoms with van der Waals surface area (Å²) in [5, 5.41) is 0. The van der Waals surface area contributed by atoms with Gasteiger partial charge in [0.05, 0.1) is 26.2 Å². The fourth-order valence-electron chi connectivity index (χ4n) is 2.30. The van der Waals surface area contributed by atoms with Gasteiger partial charge in [0.25, 0.3) is 0 Å². The predicted octanol–water partition coefficient (Wildman–Crippen LogP) is -1.13. The van der Waals surface area contributed by atoms with Crippen LogP contribution in [0.4, 0.5) is 4.79 Å². The first-order valence-corrected chi connectivity index (χ1v) is 6.08. The first-order chi connectivity index (χ1) is 8.63. The fraction of sp³-hybridized carbons (Fsp3) is 0.818. The largest absolute Gasteiger partial charge is 0.453 e. The van der Waals surface area contributed by atoms with Crippen molar-refractivity contribution in [3.63, 3.8) is 0 Å². The molecule has 7 nitrogen and oxygen atoms in total. The Morgan fingerprint density at radius 1 is 1.17 bits per heavy atom. The van der Waals surface area contributed by atoms with Crippen LogP contribution in [0.1, 0.15) is 0 Å². The molecule has 0 aliphatic carbocycles. The van der Waals surface area contributed by atoms with Crippen molar-refractivity contribution in [1.82, 2.24) is 9.80 Å². The second-order valence-corrected chi connectivity index (χ2v) is 4.59. The molecule has 0 bridgehead atoms. The van der Waals surface area contributed by atoms with Crippen LogP contribution in [-0.2, 0) is 14.3 Å². The third-order valence-electron chi connectivity index (χ3n) is 3.47. The predicted molar refractivity (Wildman–Crippen MR) is 62.8 cm³/mol. The van der Waals surface area contributed by atoms with Gasteiger partial charge in [0.15, 0.2) is 0 Å². The molecule has 102 valence electrons. The molecule has 2 unspecified atom stereocenters. The number of rotatable bonds is 1. The van der Waals surface area contributed by atoms with E-state index < -0.39 is 0 Å². The summed E-state index contributed by atoms with van der Waals surface area (Å²) in [6, 6.07) is -0.212. The van der Waals surface area contributed by atoms with Gasteiger partial charge < -0.3 is 25.0 Å². The summed E-state index contributed by atoms with van der Waals surface area (Å²) in [5.41, 5.74) is 5.83. The monoisotopic (exact) mass is 257 g/mol. The molecule has 2 amide bonds. The van der Waals surface area contributed by atoms with Crippen LogP contribution in [-0.4, -0.2) is 74.3 Å². The van der Waals surface area contributed by atoms with Gasteiger partial charge in [-0.1, -0.05) is 0 Å². The maximum absolute atomic E-state index is 12.2. The molecule has 0 aromatic heterocycles. The van der Waals surface area contributed by atoms with Crippen LogP contribution >= 0.6 is 0 Å². The molecule has 2 N–H and O–H groups in total. The van der Waals surface area contributed by atoms with Crippen LogP contribution < -0.4 is 5.73 Å². The third-order valence-corrected chi connectivity index (χ3v) is 3.47. The molecule has 0 radical (unpaired) electrons. The van der Waals surface area contributed by atoms with Gasteiger partial charge in [-0.2, -0.15) is 0 Å². The van der Waals surface area contributed by atoms with Crippen LogP contribution in [0.3, 0.4) is 0 Å². The molecule has 2 atom stereocenters. The van der Waals surface area contributed by atoms with Crippen molar-refractivity contribution < 1.29 is 19.1 Å². The van der Waals surface area contributed by atoms with E-state index >= 15 is 0 Å². The number of hydrogen-bond acceptors (Lipinski definition) is 5. The molecule has 7 heteroatoms. The van der Waals surface area contributed by atoms with E-state index in [1.807, 2.05) is 0 Å². The minimum absolute atomic E-state index is 0.0320. The van der Waals surface area contributed by atoms with E-state index in [0.29, 0.717) is 39.4 Å². The third kappa shape index (κ3) is 2.56. The summed E-state index contributed by atoms with van der Waals surface area (Å²) >= 11 is 0. The van der Waals surface area contributed by atoms with Crippen molar-refractivity contribution >= 4 is 12.0 Å². The molecule has 0 aromatic rings. The zero-order valence-electron chi connectivity index (χ0n) is 10.5. The minimum Gasteiger partial charge on any atom is -0.453 e. The number of hydrogen-bond donors (Lipinski definition) is 1. The zero-order valence-corrected chi connectivity index (χ0v) is 10.5. The second kappa shape index (κ2) is 5.53. The van der Waals surface area contributed by atoms with Gasteiger partial charge in [0.2, 0.25) is 5.91 Å². The lowest BCUT2D eigenvalue weighted by atomic mass is 10.0. The number of carbonyl (C=O) groups is 2. The molecule has 2 heterocycles. The Hall–Kier alpha value is -1.34. The van der Waals surface area contributed by atoms with Crippen molar-refractivity contribution in [2.45, 2.75) is 6.04 Å². The van der Waals surface area contributed by atoms with Gasteiger partial charge in [-0.15, -0.1) is 0 Å². The molecule has 2 saturated heterocycles. The summed E-state index contributed by atoms with van der Waals surface area (Å²) in [5.74, 6) is -0.209. The molecule has 2 aliphatic heterocycles. The summed E-state index contributed by atoms with van der Waals surface area (Å²) in [6.07, 6.45) is -0.344. The molecule has 0 saturated carbocycles. The number of nitrogens with two attached hydrogens (primary N) is 1. The summed E-state index contributed by atoms with van der Waals surface area (Å²) < 4.78 is 9.85. The maximum Gasteiger partial charge on any atom is 0.409 e. The van der Waals surface area contributed by atoms with E-state index in [0.717, 1.165) is 0 Å². The number of carbonyl (C=O) groups excluding carboxylic acids is 2. The first-order valence-electron chi connectivity index (χ1n) is 6.08. The zero-order chi connectivity index (χ0) is 13.1. The van der Waals surface area contributed by atoms with Gasteiger partial charge in [-0.05, 0) is 0 Å². The van der Waals surface area contributed by atoms with Gasteiger partial charge in [0.1, 0.15) is 0 Å². The Balaban J connectivity index is 1.86. The van der Waals surface area contributed by atoms with Crippen molar-refractivity contribution in [3.05, 3.63) is 0 Å². The quantitative estimate of drug-likeness (QED) is 0.642. The number of piperazine rings is 1. The van der Waals surface area contributed by atoms with Gasteiger partial charge in [-0.25, -0.2) is 4.79 Å². The molecule has 18 heavy (non-hydrogen) atoms. The van der Waals surface area contributed by atoms with Crippen molar-refractivity contribution in [1.29, 1.82) is 0 Å². The topological polar surface area (TPSA) is 85.1 Å². The van der Waals surface area contributed by atoms with Crippen LogP contribution in [0.15, 0.2) is 0 Å². The van der Waals surface area contributed by atoms with E-state index in [2.05, 4.69) is 4.74 Å². The highest BCUT2D eigenvalue weighted by molar-refractivity contribution is 5.80. The molecule has 2 aliphatic rings. The molecular weight excluding hydrogens is 238 g/mol. The maximum atomic E-state index is 12.2. The van der Waals surface area contributed by atoms with Crippen LogP contribution in [0.5, 0.6) is 0 Å². The highest BCUT2D eigenvalue weighted by Gasteiger charge is 2.35. The second-order valence-electron chi connectivity index (χ2n) is 4.59. The number of ether oxygens (including phenoxy) is 2. The first kappa shape index (κ1) is 13.1. The number of methoxy groups -OCH3 is 1. The van der Waals surface area contributed by atoms with E-state index in [1.165, 1.54) is 7.11 Å². The molecule has 2 rings (SSSR count). The fourth-order valence-corrected chi connectivity index (χ4v) is 2.30. The van der Waals surface area contributed by atoms with E-state index in [9.17, 15) is 9.59 Å². The van der Waals surface area contributed by atoms with Crippen LogP contribution in [0.2, 0.25) is 0 Å². The lowest BCUT2D eigenvalue weighted by molar-refractivity contribution is -0.137. The molecular formula is C11H19N3O4. The Kier molecular flexibility index (Phi) is 4.03. The lowest BCUT2D eigenvalue weighted by Crippen LogP contribution is -2.53. The van der Waals surface area contributed by atoms with Crippen LogP contribution in [0, 0.1) is 5.92 Å². The van der Waals surface area contributed by atoms with E-state index in [1.54, 1.807) is 9.80 Å².